The van der Waals surface area contributed by atoms with Crippen molar-refractivity contribution in [2.24, 2.45) is 0 Å². The van der Waals surface area contributed by atoms with Gasteiger partial charge in [-0.2, -0.15) is 0 Å². The highest BCUT2D eigenvalue weighted by atomic mass is 35.5. The van der Waals surface area contributed by atoms with Gasteiger partial charge in [-0.3, -0.25) is 24.5 Å². The largest absolute Gasteiger partial charge is 0.508 e. The van der Waals surface area contributed by atoms with Gasteiger partial charge in [0, 0.05) is 35.7 Å². The highest BCUT2D eigenvalue weighted by Crippen LogP contribution is 2.32. The lowest BCUT2D eigenvalue weighted by atomic mass is 10.1. The van der Waals surface area contributed by atoms with Crippen molar-refractivity contribution in [3.63, 3.8) is 0 Å². The summed E-state index contributed by atoms with van der Waals surface area (Å²) in [7, 11) is 0. The smallest absolute Gasteiger partial charge is 0.434 e. The van der Waals surface area contributed by atoms with Gasteiger partial charge >= 0.3 is 11.8 Å². The minimum Gasteiger partial charge on any atom is -0.434 e. The van der Waals surface area contributed by atoms with E-state index in [9.17, 15) is 29.6 Å². The molecule has 178 valence electrons. The summed E-state index contributed by atoms with van der Waals surface area (Å²) >= 11 is 11.8. The minimum absolute atomic E-state index is 0.0141. The van der Waals surface area contributed by atoms with Gasteiger partial charge < -0.3 is 19.3 Å². The molecule has 0 saturated carbocycles. The molecule has 12 nitrogen and oxygen atoms in total. The molecule has 1 saturated heterocycles. The number of nitrogens with zero attached hydrogens (tertiary/aromatic N) is 2. The minimum atomic E-state index is -1.10. The molecular weight excluding hydrogens is 485 g/mol. The van der Waals surface area contributed by atoms with E-state index in [-0.39, 0.29) is 46.3 Å². The second kappa shape index (κ2) is 10.3. The van der Waals surface area contributed by atoms with Crippen molar-refractivity contribution >= 4 is 35.0 Å². The van der Waals surface area contributed by atoms with Crippen molar-refractivity contribution in [2.45, 2.75) is 38.2 Å². The van der Waals surface area contributed by atoms with Crippen LogP contribution in [0.5, 0.6) is 0 Å². The normalized spacial score (nSPS) is 19.9. The number of aromatic nitrogens is 2. The van der Waals surface area contributed by atoms with E-state index in [2.05, 4.69) is 4.98 Å². The molecule has 0 amide bonds. The number of benzene rings is 1. The van der Waals surface area contributed by atoms with Crippen LogP contribution in [-0.4, -0.2) is 51.2 Å². The van der Waals surface area contributed by atoms with Gasteiger partial charge in [0.1, 0.15) is 18.4 Å². The number of carbonyl (C=O) groups excluding carboxylic acids is 1. The summed E-state index contributed by atoms with van der Waals surface area (Å²) in [4.78, 5) is 48.5. The number of carbonyl (C=O) groups is 1. The fourth-order valence-electron chi connectivity index (χ4n) is 3.35. The van der Waals surface area contributed by atoms with E-state index in [0.717, 1.165) is 10.6 Å². The SMILES string of the molecule is Cc1cn([C@H]2C[C@H](OC(=O)OCCc3c(Cl)cc(Cl)cc3[N+](=O)[O-])[C@@H](CO)O2)c(=O)[nH]c1=O. The number of nitro groups is 1. The summed E-state index contributed by atoms with van der Waals surface area (Å²) in [6.45, 7) is 0.731. The van der Waals surface area contributed by atoms with Crippen LogP contribution in [0.25, 0.3) is 0 Å². The Kier molecular flexibility index (Phi) is 7.74. The highest BCUT2D eigenvalue weighted by molar-refractivity contribution is 6.35. The maximum absolute atomic E-state index is 12.1. The van der Waals surface area contributed by atoms with Crippen molar-refractivity contribution in [3.8, 4) is 0 Å². The molecule has 0 spiro atoms. The van der Waals surface area contributed by atoms with Gasteiger partial charge in [0.15, 0.2) is 0 Å². The molecule has 3 atom stereocenters. The molecule has 3 rings (SSSR count). The molecule has 1 aliphatic heterocycles. The monoisotopic (exact) mass is 503 g/mol. The van der Waals surface area contributed by atoms with E-state index in [1.54, 1.807) is 0 Å². The Bertz CT molecular complexity index is 1180. The number of aromatic amines is 1. The van der Waals surface area contributed by atoms with Gasteiger partial charge in [-0.15, -0.1) is 0 Å². The van der Waals surface area contributed by atoms with Crippen LogP contribution in [0.1, 0.15) is 23.8 Å². The lowest BCUT2D eigenvalue weighted by Gasteiger charge is -2.16. The average Bonchev–Trinajstić information content (AvgIpc) is 3.14. The number of nitro benzene ring substituents is 1. The summed E-state index contributed by atoms with van der Waals surface area (Å²) in [5, 5.41) is 20.9. The third-order valence-electron chi connectivity index (χ3n) is 4.97. The van der Waals surface area contributed by atoms with E-state index in [0.29, 0.717) is 0 Å². The van der Waals surface area contributed by atoms with Gasteiger partial charge in [-0.05, 0) is 13.0 Å². The number of hydrogen-bond donors (Lipinski definition) is 2. The van der Waals surface area contributed by atoms with Crippen molar-refractivity contribution in [1.29, 1.82) is 0 Å². The quantitative estimate of drug-likeness (QED) is 0.327. The summed E-state index contributed by atoms with van der Waals surface area (Å²) in [6.07, 6.45) is -2.61. The molecule has 2 heterocycles. The van der Waals surface area contributed by atoms with E-state index in [4.69, 9.17) is 37.4 Å². The molecule has 2 aromatic rings. The van der Waals surface area contributed by atoms with Crippen molar-refractivity contribution in [1.82, 2.24) is 9.55 Å². The summed E-state index contributed by atoms with van der Waals surface area (Å²) in [6, 6.07) is 2.48. The number of ether oxygens (including phenoxy) is 3. The van der Waals surface area contributed by atoms with Gasteiger partial charge in [0.25, 0.3) is 11.2 Å². The van der Waals surface area contributed by atoms with Crippen LogP contribution in [0, 0.1) is 17.0 Å². The van der Waals surface area contributed by atoms with Crippen LogP contribution in [-0.2, 0) is 20.6 Å². The molecule has 0 aliphatic carbocycles. The number of aliphatic hydroxyl groups is 1. The zero-order valence-corrected chi connectivity index (χ0v) is 18.7. The van der Waals surface area contributed by atoms with Crippen LogP contribution in [0.3, 0.4) is 0 Å². The lowest BCUT2D eigenvalue weighted by Crippen LogP contribution is -2.33. The van der Waals surface area contributed by atoms with Crippen LogP contribution < -0.4 is 11.2 Å². The number of halogens is 2. The number of aliphatic hydroxyl groups excluding tert-OH is 1. The second-order valence-electron chi connectivity index (χ2n) is 7.17. The Morgan fingerprint density at radius 3 is 2.79 bits per heavy atom. The first kappa shape index (κ1) is 24.7. The Morgan fingerprint density at radius 2 is 2.12 bits per heavy atom. The molecule has 33 heavy (non-hydrogen) atoms. The number of rotatable bonds is 7. The molecule has 1 aliphatic rings. The molecule has 2 N–H and O–H groups in total. The zero-order valence-electron chi connectivity index (χ0n) is 17.2. The van der Waals surface area contributed by atoms with Crippen molar-refractivity contribution in [2.75, 3.05) is 13.2 Å². The number of nitrogens with one attached hydrogen (secondary N) is 1. The second-order valence-corrected chi connectivity index (χ2v) is 8.02. The van der Waals surface area contributed by atoms with Gasteiger partial charge in [-0.1, -0.05) is 23.2 Å². The molecule has 0 bridgehead atoms. The Morgan fingerprint density at radius 1 is 1.39 bits per heavy atom. The van der Waals surface area contributed by atoms with Crippen LogP contribution >= 0.6 is 23.2 Å². The summed E-state index contributed by atoms with van der Waals surface area (Å²) in [5.74, 6) is 0. The standard InChI is InChI=1S/C19H19Cl2N3O9/c1-9-7-23(18(27)22-17(9)26)16-6-14(15(8-25)32-16)33-19(28)31-3-2-11-12(21)4-10(20)5-13(11)24(29)30/h4-5,7,14-16,25H,2-3,6,8H2,1H3,(H,22,26,27)/t14-,15+,16+/m0/s1. The maximum atomic E-state index is 12.1. The fraction of sp³-hybridized carbons (Fsp3) is 0.421. The lowest BCUT2D eigenvalue weighted by molar-refractivity contribution is -0.385. The van der Waals surface area contributed by atoms with Crippen molar-refractivity contribution < 1.29 is 29.0 Å². The van der Waals surface area contributed by atoms with E-state index >= 15 is 0 Å². The maximum Gasteiger partial charge on any atom is 0.508 e. The number of aryl methyl sites for hydroxylation is 1. The van der Waals surface area contributed by atoms with Crippen LogP contribution in [0.4, 0.5) is 10.5 Å². The van der Waals surface area contributed by atoms with E-state index in [1.807, 2.05) is 0 Å². The number of hydrogen-bond acceptors (Lipinski definition) is 9. The first-order chi connectivity index (χ1) is 15.6. The van der Waals surface area contributed by atoms with Gasteiger partial charge in [0.2, 0.25) is 0 Å². The van der Waals surface area contributed by atoms with E-state index < -0.39 is 47.4 Å². The summed E-state index contributed by atoms with van der Waals surface area (Å²) < 4.78 is 16.9. The fourth-order valence-corrected chi connectivity index (χ4v) is 3.93. The predicted octanol–water partition coefficient (Wildman–Crippen LogP) is 2.10. The van der Waals surface area contributed by atoms with Crippen LogP contribution in [0.2, 0.25) is 10.0 Å². The summed E-state index contributed by atoms with van der Waals surface area (Å²) in [5.41, 5.74) is -1.14. The molecule has 1 fully saturated rings. The molecule has 0 unspecified atom stereocenters. The molecule has 14 heteroatoms. The molecule has 1 aromatic carbocycles. The molecule has 0 radical (unpaired) electrons. The van der Waals surface area contributed by atoms with Gasteiger partial charge in [0.05, 0.1) is 28.7 Å². The third kappa shape index (κ3) is 5.71. The topological polar surface area (TPSA) is 163 Å². The number of H-pyrrole nitrogens is 1. The van der Waals surface area contributed by atoms with Gasteiger partial charge in [-0.25, -0.2) is 9.59 Å². The Balaban J connectivity index is 1.62. The van der Waals surface area contributed by atoms with E-state index in [1.165, 1.54) is 19.2 Å². The molecule has 1 aromatic heterocycles. The zero-order chi connectivity index (χ0) is 24.3. The molecular formula is C19H19Cl2N3O9. The highest BCUT2D eigenvalue weighted by Gasteiger charge is 2.39. The Labute approximate surface area is 195 Å². The van der Waals surface area contributed by atoms with Crippen LogP contribution in [0.15, 0.2) is 27.9 Å². The van der Waals surface area contributed by atoms with Crippen molar-refractivity contribution in [3.05, 3.63) is 70.5 Å². The third-order valence-corrected chi connectivity index (χ3v) is 5.52. The average molecular weight is 504 g/mol. The first-order valence-corrected chi connectivity index (χ1v) is 10.4. The first-order valence-electron chi connectivity index (χ1n) is 9.64. The predicted molar refractivity (Wildman–Crippen MR) is 115 cm³/mol. The Hall–Kier alpha value is -2.93.